The molecular weight excluding hydrogens is 469 g/mol. The van der Waals surface area contributed by atoms with E-state index in [1.54, 1.807) is 30.5 Å². The average Bonchev–Trinajstić information content (AvgIpc) is 3.13. The summed E-state index contributed by atoms with van der Waals surface area (Å²) < 4.78 is 43.8. The van der Waals surface area contributed by atoms with E-state index in [1.165, 1.54) is 18.2 Å². The third kappa shape index (κ3) is 4.17. The molecular formula is C25H22FN5O3S. The summed E-state index contributed by atoms with van der Waals surface area (Å²) in [5.41, 5.74) is 10.2. The molecule has 0 aliphatic heterocycles. The first-order valence-electron chi connectivity index (χ1n) is 11.0. The van der Waals surface area contributed by atoms with Gasteiger partial charge in [-0.25, -0.2) is 22.8 Å². The van der Waals surface area contributed by atoms with E-state index in [4.69, 9.17) is 5.73 Å². The molecule has 35 heavy (non-hydrogen) atoms. The predicted octanol–water partition coefficient (Wildman–Crippen LogP) is 4.19. The van der Waals surface area contributed by atoms with E-state index in [0.29, 0.717) is 34.5 Å². The molecule has 0 radical (unpaired) electrons. The van der Waals surface area contributed by atoms with Gasteiger partial charge >= 0.3 is 0 Å². The third-order valence-corrected chi connectivity index (χ3v) is 7.42. The van der Waals surface area contributed by atoms with Crippen molar-refractivity contribution in [3.63, 3.8) is 0 Å². The molecule has 1 aliphatic carbocycles. The third-order valence-electron chi connectivity index (χ3n) is 6.04. The number of ketones is 1. The van der Waals surface area contributed by atoms with Crippen molar-refractivity contribution in [2.24, 2.45) is 7.05 Å². The highest BCUT2D eigenvalue weighted by Gasteiger charge is 2.30. The van der Waals surface area contributed by atoms with Gasteiger partial charge in [0.15, 0.2) is 5.78 Å². The van der Waals surface area contributed by atoms with Crippen molar-refractivity contribution in [3.05, 3.63) is 77.9 Å². The maximum absolute atomic E-state index is 13.6. The van der Waals surface area contributed by atoms with Crippen molar-refractivity contribution in [1.29, 1.82) is 0 Å². The van der Waals surface area contributed by atoms with Gasteiger partial charge in [-0.2, -0.15) is 0 Å². The second kappa shape index (κ2) is 8.62. The first kappa shape index (κ1) is 22.7. The Labute approximate surface area is 201 Å². The average molecular weight is 492 g/mol. The normalized spacial score (nSPS) is 13.5. The van der Waals surface area contributed by atoms with Crippen molar-refractivity contribution < 1.29 is 17.6 Å². The highest BCUT2D eigenvalue weighted by Crippen LogP contribution is 2.42. The zero-order valence-corrected chi connectivity index (χ0v) is 19.6. The molecule has 2 aromatic carbocycles. The lowest BCUT2D eigenvalue weighted by molar-refractivity contribution is 0.0972. The first-order valence-corrected chi connectivity index (χ1v) is 12.5. The lowest BCUT2D eigenvalue weighted by atomic mass is 9.89. The van der Waals surface area contributed by atoms with Gasteiger partial charge in [0, 0.05) is 42.2 Å². The van der Waals surface area contributed by atoms with E-state index in [1.807, 2.05) is 17.7 Å². The second-order valence-electron chi connectivity index (χ2n) is 8.32. The summed E-state index contributed by atoms with van der Waals surface area (Å²) in [7, 11) is -2.14. The first-order chi connectivity index (χ1) is 16.7. The van der Waals surface area contributed by atoms with Crippen LogP contribution in [0.2, 0.25) is 0 Å². The summed E-state index contributed by atoms with van der Waals surface area (Å²) in [6.07, 6.45) is 3.47. The Hall–Kier alpha value is -4.05. The highest BCUT2D eigenvalue weighted by atomic mass is 32.2. The summed E-state index contributed by atoms with van der Waals surface area (Å²) in [5, 5.41) is 0. The number of hydrogen-bond donors (Lipinski definition) is 2. The lowest BCUT2D eigenvalue weighted by Gasteiger charge is -2.14. The van der Waals surface area contributed by atoms with Crippen LogP contribution >= 0.6 is 0 Å². The molecule has 3 N–H and O–H groups in total. The number of carbonyl (C=O) groups excluding carboxylic acids is 1. The van der Waals surface area contributed by atoms with Crippen LogP contribution < -0.4 is 10.5 Å². The predicted molar refractivity (Wildman–Crippen MR) is 131 cm³/mol. The molecule has 1 aliphatic rings. The Morgan fingerprint density at radius 3 is 2.63 bits per heavy atom. The van der Waals surface area contributed by atoms with Gasteiger partial charge in [0.05, 0.1) is 16.3 Å². The van der Waals surface area contributed by atoms with Gasteiger partial charge in [-0.3, -0.25) is 9.52 Å². The zero-order chi connectivity index (χ0) is 24.7. The highest BCUT2D eigenvalue weighted by molar-refractivity contribution is 7.92. The number of fused-ring (bicyclic) bond motifs is 1. The topological polar surface area (TPSA) is 120 Å². The fraction of sp³-hybridized carbons (Fsp3) is 0.160. The van der Waals surface area contributed by atoms with Gasteiger partial charge in [0.25, 0.3) is 10.0 Å². The molecule has 10 heteroatoms. The number of halogens is 1. The Kier molecular flexibility index (Phi) is 5.60. The van der Waals surface area contributed by atoms with Crippen molar-refractivity contribution in [3.8, 4) is 22.5 Å². The quantitative estimate of drug-likeness (QED) is 0.432. The van der Waals surface area contributed by atoms with Crippen molar-refractivity contribution in [2.45, 2.75) is 24.2 Å². The molecule has 0 saturated carbocycles. The smallest absolute Gasteiger partial charge is 0.261 e. The number of nitrogens with zero attached hydrogens (tertiary/aromatic N) is 3. The molecule has 2 aromatic heterocycles. The van der Waals surface area contributed by atoms with Gasteiger partial charge in [0.2, 0.25) is 5.95 Å². The Bertz CT molecular complexity index is 1580. The number of nitrogen functional groups attached to an aromatic ring is 1. The van der Waals surface area contributed by atoms with Gasteiger partial charge < -0.3 is 10.3 Å². The monoisotopic (exact) mass is 491 g/mol. The number of nitrogens with two attached hydrogens (primary N) is 1. The summed E-state index contributed by atoms with van der Waals surface area (Å²) in [6, 6.07) is 13.3. The fourth-order valence-corrected chi connectivity index (χ4v) is 5.62. The van der Waals surface area contributed by atoms with Crippen molar-refractivity contribution in [2.75, 3.05) is 10.5 Å². The molecule has 0 amide bonds. The van der Waals surface area contributed by atoms with E-state index in [-0.39, 0.29) is 22.3 Å². The van der Waals surface area contributed by atoms with Crippen LogP contribution in [0.1, 0.15) is 28.9 Å². The van der Waals surface area contributed by atoms with Crippen LogP contribution in [0.15, 0.2) is 65.7 Å². The van der Waals surface area contributed by atoms with Gasteiger partial charge in [-0.1, -0.05) is 18.2 Å². The molecule has 0 bridgehead atoms. The second-order valence-corrected chi connectivity index (χ2v) is 10.0. The Morgan fingerprint density at radius 1 is 1.06 bits per heavy atom. The van der Waals surface area contributed by atoms with E-state index in [0.717, 1.165) is 24.6 Å². The summed E-state index contributed by atoms with van der Waals surface area (Å²) in [6.45, 7) is 0. The fourth-order valence-electron chi connectivity index (χ4n) is 4.54. The number of carbonyl (C=O) groups is 1. The number of hydrogen-bond acceptors (Lipinski definition) is 6. The summed E-state index contributed by atoms with van der Waals surface area (Å²) in [5.74, 6) is -0.517. The maximum atomic E-state index is 13.6. The zero-order valence-electron chi connectivity index (χ0n) is 18.8. The number of nitrogens with one attached hydrogen (secondary N) is 1. The number of anilines is 2. The minimum Gasteiger partial charge on any atom is -0.368 e. The number of sulfonamides is 1. The van der Waals surface area contributed by atoms with Crippen LogP contribution in [0.3, 0.4) is 0 Å². The van der Waals surface area contributed by atoms with E-state index in [9.17, 15) is 17.6 Å². The molecule has 0 unspecified atom stereocenters. The van der Waals surface area contributed by atoms with Gasteiger partial charge in [-0.15, -0.1) is 0 Å². The van der Waals surface area contributed by atoms with Gasteiger partial charge in [-0.05, 0) is 54.8 Å². The minimum absolute atomic E-state index is 0.0240. The number of benzene rings is 2. The number of Topliss-reactive ketones (excluding diaryl/α,β-unsaturated/α-hetero) is 1. The summed E-state index contributed by atoms with van der Waals surface area (Å²) in [4.78, 5) is 21.2. The van der Waals surface area contributed by atoms with Crippen LogP contribution in [-0.4, -0.2) is 28.7 Å². The molecule has 4 aromatic rings. The van der Waals surface area contributed by atoms with E-state index >= 15 is 0 Å². The SMILES string of the molecule is Cn1c2c(c(-c3cccc(NS(=O)(=O)c4cccc(F)c4)c3)c1-c1ccnc(N)n1)C(=O)CCC2. The number of rotatable bonds is 5. The van der Waals surface area contributed by atoms with Crippen LogP contribution in [0.5, 0.6) is 0 Å². The Morgan fingerprint density at radius 2 is 1.86 bits per heavy atom. The van der Waals surface area contributed by atoms with Crippen LogP contribution in [-0.2, 0) is 23.5 Å². The van der Waals surface area contributed by atoms with Crippen molar-refractivity contribution >= 4 is 27.4 Å². The van der Waals surface area contributed by atoms with Crippen LogP contribution in [0.25, 0.3) is 22.5 Å². The maximum Gasteiger partial charge on any atom is 0.261 e. The molecule has 0 atom stereocenters. The molecule has 5 rings (SSSR count). The Balaban J connectivity index is 1.66. The lowest BCUT2D eigenvalue weighted by Crippen LogP contribution is -2.13. The van der Waals surface area contributed by atoms with Crippen molar-refractivity contribution in [1.82, 2.24) is 14.5 Å². The summed E-state index contributed by atoms with van der Waals surface area (Å²) >= 11 is 0. The standard InChI is InChI=1S/C25H22FN5O3S/c1-31-20-9-4-10-21(32)23(20)22(24(31)19-11-12-28-25(27)29-19)15-5-2-7-17(13-15)30-35(33,34)18-8-3-6-16(26)14-18/h2-3,5-8,11-14,30H,4,9-10H2,1H3,(H2,27,28,29). The number of aromatic nitrogens is 3. The molecule has 0 saturated heterocycles. The minimum atomic E-state index is -4.02. The van der Waals surface area contributed by atoms with E-state index in [2.05, 4.69) is 14.7 Å². The molecule has 8 nitrogen and oxygen atoms in total. The molecule has 2 heterocycles. The van der Waals surface area contributed by atoms with E-state index < -0.39 is 15.8 Å². The van der Waals surface area contributed by atoms with Crippen LogP contribution in [0, 0.1) is 5.82 Å². The molecule has 178 valence electrons. The van der Waals surface area contributed by atoms with Gasteiger partial charge in [0.1, 0.15) is 5.82 Å². The van der Waals surface area contributed by atoms with Crippen LogP contribution in [0.4, 0.5) is 16.0 Å². The molecule has 0 fully saturated rings. The molecule has 0 spiro atoms. The largest absolute Gasteiger partial charge is 0.368 e.